The molecule has 1 saturated heterocycles. The standard InChI is InChI=1S/C27H31FN2OS/c1-4-30-13-5-6-21(30)17-29-27(31)16-25-18(2)24(23-12-9-20(28)15-26(23)25)14-19-7-10-22(32-3)11-8-19/h7-12,14-15,21H,4-6,13,16-17H2,1-3H3,(H,29,31)/b24-14-/t21-/m0/s1. The quantitative estimate of drug-likeness (QED) is 0.536. The fraction of sp³-hybridized carbons (Fsp3) is 0.370. The summed E-state index contributed by atoms with van der Waals surface area (Å²) in [5.74, 6) is -0.271. The number of benzene rings is 2. The van der Waals surface area contributed by atoms with Crippen LogP contribution in [-0.2, 0) is 4.79 Å². The number of carbonyl (C=O) groups excluding carboxylic acids is 1. The molecule has 0 aromatic heterocycles. The largest absolute Gasteiger partial charge is 0.354 e. The molecule has 0 bridgehead atoms. The first kappa shape index (κ1) is 22.8. The molecule has 0 spiro atoms. The van der Waals surface area contributed by atoms with Gasteiger partial charge in [-0.15, -0.1) is 11.8 Å². The van der Waals surface area contributed by atoms with Crippen LogP contribution in [0, 0.1) is 5.82 Å². The van der Waals surface area contributed by atoms with E-state index < -0.39 is 0 Å². The monoisotopic (exact) mass is 450 g/mol. The van der Waals surface area contributed by atoms with Crippen LogP contribution in [0.5, 0.6) is 0 Å². The second-order valence-electron chi connectivity index (χ2n) is 8.53. The fourth-order valence-electron chi connectivity index (χ4n) is 4.85. The van der Waals surface area contributed by atoms with E-state index in [-0.39, 0.29) is 18.1 Å². The Balaban J connectivity index is 1.56. The normalized spacial score (nSPS) is 19.6. The Kier molecular flexibility index (Phi) is 7.17. The van der Waals surface area contributed by atoms with Crippen LogP contribution < -0.4 is 5.32 Å². The third kappa shape index (κ3) is 4.84. The number of fused-ring (bicyclic) bond motifs is 1. The molecule has 1 aliphatic carbocycles. The maximum absolute atomic E-state index is 14.1. The minimum atomic E-state index is -0.274. The van der Waals surface area contributed by atoms with Crippen molar-refractivity contribution in [2.75, 3.05) is 25.9 Å². The van der Waals surface area contributed by atoms with Crippen molar-refractivity contribution in [3.8, 4) is 0 Å². The number of hydrogen-bond acceptors (Lipinski definition) is 3. The van der Waals surface area contributed by atoms with Crippen LogP contribution in [0.15, 0.2) is 52.9 Å². The van der Waals surface area contributed by atoms with Gasteiger partial charge in [-0.05, 0) is 103 Å². The highest BCUT2D eigenvalue weighted by Crippen LogP contribution is 2.43. The van der Waals surface area contributed by atoms with Gasteiger partial charge in [-0.25, -0.2) is 4.39 Å². The van der Waals surface area contributed by atoms with E-state index in [1.165, 1.54) is 17.4 Å². The van der Waals surface area contributed by atoms with Crippen LogP contribution >= 0.6 is 11.8 Å². The molecule has 1 atom stereocenters. The SMILES string of the molecule is CCN1CCC[C@H]1CNC(=O)CC1=C(C)/C(=C/c2ccc(SC)cc2)c2ccc(F)cc21. The highest BCUT2D eigenvalue weighted by atomic mass is 32.2. The smallest absolute Gasteiger partial charge is 0.224 e. The van der Waals surface area contributed by atoms with Crippen molar-refractivity contribution in [1.29, 1.82) is 0 Å². The molecule has 1 aliphatic heterocycles. The number of carbonyl (C=O) groups is 1. The summed E-state index contributed by atoms with van der Waals surface area (Å²) in [5, 5.41) is 3.13. The van der Waals surface area contributed by atoms with Gasteiger partial charge in [0.25, 0.3) is 0 Å². The van der Waals surface area contributed by atoms with E-state index in [4.69, 9.17) is 0 Å². The number of thioether (sulfide) groups is 1. The summed E-state index contributed by atoms with van der Waals surface area (Å²) in [6.45, 7) is 7.02. The minimum absolute atomic E-state index is 0.00286. The van der Waals surface area contributed by atoms with Crippen molar-refractivity contribution in [2.45, 2.75) is 44.0 Å². The molecule has 2 aromatic rings. The molecular formula is C27H31FN2OS. The van der Waals surface area contributed by atoms with Gasteiger partial charge in [-0.2, -0.15) is 0 Å². The lowest BCUT2D eigenvalue weighted by atomic mass is 10.0. The molecule has 5 heteroatoms. The summed E-state index contributed by atoms with van der Waals surface area (Å²) in [4.78, 5) is 16.5. The first-order chi connectivity index (χ1) is 15.5. The molecule has 1 amide bonds. The summed E-state index contributed by atoms with van der Waals surface area (Å²) < 4.78 is 14.1. The zero-order valence-corrected chi connectivity index (χ0v) is 19.9. The number of amides is 1. The number of hydrogen-bond donors (Lipinski definition) is 1. The van der Waals surface area contributed by atoms with Gasteiger partial charge in [0, 0.05) is 17.5 Å². The number of allylic oxidation sites excluding steroid dienone is 2. The van der Waals surface area contributed by atoms with Crippen LogP contribution in [-0.4, -0.2) is 42.7 Å². The highest BCUT2D eigenvalue weighted by Gasteiger charge is 2.27. The predicted molar refractivity (Wildman–Crippen MR) is 133 cm³/mol. The van der Waals surface area contributed by atoms with Crippen molar-refractivity contribution in [3.05, 3.63) is 70.5 Å². The Labute approximate surface area is 194 Å². The van der Waals surface area contributed by atoms with E-state index in [2.05, 4.69) is 53.7 Å². The lowest BCUT2D eigenvalue weighted by Gasteiger charge is -2.23. The Morgan fingerprint density at radius 1 is 1.22 bits per heavy atom. The van der Waals surface area contributed by atoms with E-state index in [1.807, 2.05) is 13.0 Å². The van der Waals surface area contributed by atoms with Crippen LogP contribution in [0.1, 0.15) is 49.8 Å². The van der Waals surface area contributed by atoms with Gasteiger partial charge in [0.2, 0.25) is 5.91 Å². The van der Waals surface area contributed by atoms with Crippen molar-refractivity contribution in [2.24, 2.45) is 0 Å². The molecule has 1 fully saturated rings. The molecule has 4 rings (SSSR count). The van der Waals surface area contributed by atoms with Crippen LogP contribution in [0.3, 0.4) is 0 Å². The molecule has 1 N–H and O–H groups in total. The van der Waals surface area contributed by atoms with E-state index in [0.717, 1.165) is 52.9 Å². The summed E-state index contributed by atoms with van der Waals surface area (Å²) in [7, 11) is 0. The molecule has 0 radical (unpaired) electrons. The third-order valence-electron chi connectivity index (χ3n) is 6.66. The van der Waals surface area contributed by atoms with Crippen molar-refractivity contribution >= 4 is 34.9 Å². The van der Waals surface area contributed by atoms with E-state index in [1.54, 1.807) is 17.8 Å². The number of likely N-dealkylation sites (N-methyl/N-ethyl adjacent to an activating group) is 1. The average Bonchev–Trinajstić information content (AvgIpc) is 3.36. The topological polar surface area (TPSA) is 32.3 Å². The van der Waals surface area contributed by atoms with E-state index >= 15 is 0 Å². The van der Waals surface area contributed by atoms with Gasteiger partial charge in [0.05, 0.1) is 6.42 Å². The molecule has 0 unspecified atom stereocenters. The molecule has 32 heavy (non-hydrogen) atoms. The van der Waals surface area contributed by atoms with Gasteiger partial charge >= 0.3 is 0 Å². The van der Waals surface area contributed by atoms with Crippen LogP contribution in [0.25, 0.3) is 17.2 Å². The summed E-state index contributed by atoms with van der Waals surface area (Å²) in [5.41, 5.74) is 5.95. The van der Waals surface area contributed by atoms with Crippen molar-refractivity contribution < 1.29 is 9.18 Å². The molecular weight excluding hydrogens is 419 g/mol. The molecule has 0 saturated carbocycles. The minimum Gasteiger partial charge on any atom is -0.354 e. The first-order valence-electron chi connectivity index (χ1n) is 11.4. The lowest BCUT2D eigenvalue weighted by molar-refractivity contribution is -0.120. The number of rotatable bonds is 7. The molecule has 2 aromatic carbocycles. The van der Waals surface area contributed by atoms with Crippen LogP contribution in [0.4, 0.5) is 4.39 Å². The second kappa shape index (κ2) is 10.1. The number of halogens is 1. The van der Waals surface area contributed by atoms with E-state index in [9.17, 15) is 9.18 Å². The summed E-state index contributed by atoms with van der Waals surface area (Å²) in [6, 6.07) is 13.7. The van der Waals surface area contributed by atoms with Gasteiger partial charge < -0.3 is 5.32 Å². The maximum atomic E-state index is 14.1. The molecule has 3 nitrogen and oxygen atoms in total. The van der Waals surface area contributed by atoms with Gasteiger partial charge in [-0.3, -0.25) is 9.69 Å². The lowest BCUT2D eigenvalue weighted by Crippen LogP contribution is -2.40. The predicted octanol–water partition coefficient (Wildman–Crippen LogP) is 5.87. The van der Waals surface area contributed by atoms with Crippen LogP contribution in [0.2, 0.25) is 0 Å². The van der Waals surface area contributed by atoms with Gasteiger partial charge in [0.15, 0.2) is 0 Å². The first-order valence-corrected chi connectivity index (χ1v) is 12.6. The number of nitrogens with zero attached hydrogens (tertiary/aromatic N) is 1. The molecule has 168 valence electrons. The molecule has 1 heterocycles. The summed E-state index contributed by atoms with van der Waals surface area (Å²) >= 11 is 1.71. The maximum Gasteiger partial charge on any atom is 0.224 e. The number of likely N-dealkylation sites (tertiary alicyclic amines) is 1. The Morgan fingerprint density at radius 3 is 2.72 bits per heavy atom. The average molecular weight is 451 g/mol. The van der Waals surface area contributed by atoms with Gasteiger partial charge in [-0.1, -0.05) is 25.1 Å². The Hall–Kier alpha value is -2.37. The van der Waals surface area contributed by atoms with Crippen molar-refractivity contribution in [3.63, 3.8) is 0 Å². The van der Waals surface area contributed by atoms with E-state index in [0.29, 0.717) is 12.6 Å². The zero-order chi connectivity index (χ0) is 22.7. The third-order valence-corrected chi connectivity index (χ3v) is 7.40. The number of nitrogens with one attached hydrogen (secondary N) is 1. The zero-order valence-electron chi connectivity index (χ0n) is 19.1. The highest BCUT2D eigenvalue weighted by molar-refractivity contribution is 7.98. The molecule has 2 aliphatic rings. The Bertz CT molecular complexity index is 1060. The second-order valence-corrected chi connectivity index (χ2v) is 9.41. The van der Waals surface area contributed by atoms with Gasteiger partial charge in [0.1, 0.15) is 5.82 Å². The van der Waals surface area contributed by atoms with Crippen molar-refractivity contribution in [1.82, 2.24) is 10.2 Å². The summed E-state index contributed by atoms with van der Waals surface area (Å²) in [6.07, 6.45) is 6.79. The Morgan fingerprint density at radius 2 is 2.00 bits per heavy atom. The fourth-order valence-corrected chi connectivity index (χ4v) is 5.25.